The topological polar surface area (TPSA) is 44.7 Å². The highest BCUT2D eigenvalue weighted by molar-refractivity contribution is 7.18. The molecule has 0 amide bonds. The second-order valence-corrected chi connectivity index (χ2v) is 10.3. The number of nitrogens with zero attached hydrogens (tertiary/aromatic N) is 5. The zero-order valence-electron chi connectivity index (χ0n) is 18.5. The Hall–Kier alpha value is -2.52. The summed E-state index contributed by atoms with van der Waals surface area (Å²) in [6.07, 6.45) is 0. The van der Waals surface area contributed by atoms with Crippen LogP contribution in [0, 0.1) is 0 Å². The molecule has 6 rings (SSSR count). The number of para-hydroxylation sites is 1. The third-order valence-electron chi connectivity index (χ3n) is 6.42. The quantitative estimate of drug-likeness (QED) is 0.419. The van der Waals surface area contributed by atoms with E-state index in [1.807, 2.05) is 0 Å². The molecule has 170 valence electrons. The second kappa shape index (κ2) is 9.38. The fourth-order valence-electron chi connectivity index (χ4n) is 4.65. The number of morpholine rings is 1. The summed E-state index contributed by atoms with van der Waals surface area (Å²) in [5.74, 6) is 2.02. The summed E-state index contributed by atoms with van der Waals surface area (Å²) in [5, 5.41) is 5.61. The Morgan fingerprint density at radius 3 is 2.36 bits per heavy atom. The molecule has 2 fully saturated rings. The third kappa shape index (κ3) is 4.36. The van der Waals surface area contributed by atoms with Crippen molar-refractivity contribution >= 4 is 44.4 Å². The van der Waals surface area contributed by atoms with Crippen molar-refractivity contribution in [2.24, 2.45) is 0 Å². The molecule has 2 saturated heterocycles. The molecule has 0 spiro atoms. The van der Waals surface area contributed by atoms with Crippen molar-refractivity contribution in [1.29, 1.82) is 0 Å². The summed E-state index contributed by atoms with van der Waals surface area (Å²) in [6, 6.07) is 15.0. The van der Waals surface area contributed by atoms with Gasteiger partial charge in [-0.1, -0.05) is 24.3 Å². The molecule has 5 heterocycles. The highest BCUT2D eigenvalue weighted by atomic mass is 32.1. The van der Waals surface area contributed by atoms with E-state index in [1.165, 1.54) is 21.5 Å². The third-order valence-corrected chi connectivity index (χ3v) is 8.19. The zero-order chi connectivity index (χ0) is 22.0. The van der Waals surface area contributed by atoms with Crippen molar-refractivity contribution in [2.45, 2.75) is 6.54 Å². The van der Waals surface area contributed by atoms with E-state index in [0.717, 1.165) is 75.5 Å². The molecule has 3 aromatic heterocycles. The second-order valence-electron chi connectivity index (χ2n) is 8.47. The molecule has 0 bridgehead atoms. The van der Waals surface area contributed by atoms with Gasteiger partial charge in [-0.2, -0.15) is 0 Å². The van der Waals surface area contributed by atoms with Gasteiger partial charge in [-0.15, -0.1) is 22.7 Å². The molecule has 8 heteroatoms. The summed E-state index contributed by atoms with van der Waals surface area (Å²) < 4.78 is 5.53. The first kappa shape index (κ1) is 21.0. The Morgan fingerprint density at radius 1 is 0.818 bits per heavy atom. The van der Waals surface area contributed by atoms with Crippen LogP contribution in [0.25, 0.3) is 20.7 Å². The molecular formula is C25H27N5OS2. The van der Waals surface area contributed by atoms with Crippen LogP contribution in [-0.2, 0) is 11.3 Å². The van der Waals surface area contributed by atoms with Crippen LogP contribution in [0.15, 0.2) is 53.2 Å². The van der Waals surface area contributed by atoms with E-state index in [0.29, 0.717) is 0 Å². The number of benzene rings is 1. The van der Waals surface area contributed by atoms with E-state index in [9.17, 15) is 0 Å². The maximum absolute atomic E-state index is 5.53. The predicted molar refractivity (Wildman–Crippen MR) is 138 cm³/mol. The Kier molecular flexibility index (Phi) is 5.98. The largest absolute Gasteiger partial charge is 0.379 e. The first-order chi connectivity index (χ1) is 16.3. The van der Waals surface area contributed by atoms with Gasteiger partial charge in [0.2, 0.25) is 0 Å². The number of hydrogen-bond donors (Lipinski definition) is 0. The zero-order valence-corrected chi connectivity index (χ0v) is 20.2. The molecule has 4 aromatic rings. The molecule has 0 aliphatic carbocycles. The maximum Gasteiger partial charge on any atom is 0.146 e. The van der Waals surface area contributed by atoms with Crippen molar-refractivity contribution in [1.82, 2.24) is 14.9 Å². The first-order valence-corrected chi connectivity index (χ1v) is 13.3. The summed E-state index contributed by atoms with van der Waals surface area (Å²) in [4.78, 5) is 19.9. The molecule has 0 N–H and O–H groups in total. The molecule has 33 heavy (non-hydrogen) atoms. The van der Waals surface area contributed by atoms with Gasteiger partial charge in [-0.3, -0.25) is 4.90 Å². The summed E-state index contributed by atoms with van der Waals surface area (Å²) in [7, 11) is 0. The van der Waals surface area contributed by atoms with Gasteiger partial charge in [0.25, 0.3) is 0 Å². The number of piperazine rings is 1. The monoisotopic (exact) mass is 477 g/mol. The van der Waals surface area contributed by atoms with Crippen molar-refractivity contribution < 1.29 is 4.74 Å². The van der Waals surface area contributed by atoms with Crippen molar-refractivity contribution in [3.05, 3.63) is 59.0 Å². The van der Waals surface area contributed by atoms with E-state index in [-0.39, 0.29) is 0 Å². The lowest BCUT2D eigenvalue weighted by atomic mass is 10.1. The normalized spacial score (nSPS) is 17.7. The number of rotatable bonds is 5. The number of thiophene rings is 2. The molecule has 0 unspecified atom stereocenters. The van der Waals surface area contributed by atoms with E-state index in [1.54, 1.807) is 22.7 Å². The Bertz CT molecular complexity index is 1200. The van der Waals surface area contributed by atoms with Gasteiger partial charge in [-0.25, -0.2) is 9.97 Å². The molecule has 0 radical (unpaired) electrons. The van der Waals surface area contributed by atoms with Crippen LogP contribution in [0.3, 0.4) is 0 Å². The van der Waals surface area contributed by atoms with E-state index in [2.05, 4.69) is 67.9 Å². The Balaban J connectivity index is 1.34. The van der Waals surface area contributed by atoms with Crippen LogP contribution in [0.4, 0.5) is 11.5 Å². The number of hydrogen-bond acceptors (Lipinski definition) is 8. The summed E-state index contributed by atoms with van der Waals surface area (Å²) >= 11 is 3.52. The Morgan fingerprint density at radius 2 is 1.61 bits per heavy atom. The van der Waals surface area contributed by atoms with Crippen molar-refractivity contribution in [3.63, 3.8) is 0 Å². The van der Waals surface area contributed by atoms with Gasteiger partial charge in [0.05, 0.1) is 25.1 Å². The number of ether oxygens (including phenoxy) is 1. The van der Waals surface area contributed by atoms with Gasteiger partial charge in [0.1, 0.15) is 16.5 Å². The van der Waals surface area contributed by atoms with Gasteiger partial charge < -0.3 is 14.5 Å². The minimum atomic E-state index is 0.780. The van der Waals surface area contributed by atoms with Crippen LogP contribution in [0.5, 0.6) is 0 Å². The highest BCUT2D eigenvalue weighted by Crippen LogP contribution is 2.40. The fourth-order valence-corrected chi connectivity index (χ4v) is 6.43. The molecule has 0 atom stereocenters. The van der Waals surface area contributed by atoms with E-state index >= 15 is 0 Å². The smallest absolute Gasteiger partial charge is 0.146 e. The van der Waals surface area contributed by atoms with Crippen LogP contribution >= 0.6 is 22.7 Å². The average molecular weight is 478 g/mol. The van der Waals surface area contributed by atoms with Gasteiger partial charge >= 0.3 is 0 Å². The van der Waals surface area contributed by atoms with Crippen LogP contribution in [0.1, 0.15) is 5.82 Å². The molecule has 6 nitrogen and oxygen atoms in total. The minimum Gasteiger partial charge on any atom is -0.379 e. The highest BCUT2D eigenvalue weighted by Gasteiger charge is 2.25. The lowest BCUT2D eigenvalue weighted by molar-refractivity contribution is 0.0331. The lowest BCUT2D eigenvalue weighted by Gasteiger charge is -2.37. The standard InChI is InChI=1S/C25H27N5OS2/c1-2-5-19(6-3-1)29-8-10-30(11-9-29)24-23-20(21-7-4-16-32-21)18-33-25(23)27-22(26-24)17-28-12-14-31-15-13-28/h1-7,16,18H,8-15,17H2. The van der Waals surface area contributed by atoms with Crippen molar-refractivity contribution in [2.75, 3.05) is 62.3 Å². The van der Waals surface area contributed by atoms with Crippen molar-refractivity contribution in [3.8, 4) is 10.4 Å². The van der Waals surface area contributed by atoms with Crippen LogP contribution in [0.2, 0.25) is 0 Å². The first-order valence-electron chi connectivity index (χ1n) is 11.5. The summed E-state index contributed by atoms with van der Waals surface area (Å²) in [5.41, 5.74) is 2.57. The number of anilines is 2. The lowest BCUT2D eigenvalue weighted by Crippen LogP contribution is -2.47. The average Bonchev–Trinajstić information content (AvgIpc) is 3.55. The van der Waals surface area contributed by atoms with Crippen LogP contribution in [-0.4, -0.2) is 67.4 Å². The molecule has 2 aliphatic heterocycles. The maximum atomic E-state index is 5.53. The minimum absolute atomic E-state index is 0.780. The van der Waals surface area contributed by atoms with Gasteiger partial charge in [0, 0.05) is 60.8 Å². The van der Waals surface area contributed by atoms with Gasteiger partial charge in [-0.05, 0) is 23.6 Å². The SMILES string of the molecule is c1ccc(N2CCN(c3nc(CN4CCOCC4)nc4scc(-c5cccs5)c34)CC2)cc1. The van der Waals surface area contributed by atoms with Gasteiger partial charge in [0.15, 0.2) is 0 Å². The Labute approximate surface area is 202 Å². The number of aromatic nitrogens is 2. The van der Waals surface area contributed by atoms with E-state index < -0.39 is 0 Å². The molecule has 0 saturated carbocycles. The molecule has 2 aliphatic rings. The summed E-state index contributed by atoms with van der Waals surface area (Å²) in [6.45, 7) is 8.14. The predicted octanol–water partition coefficient (Wildman–Crippen LogP) is 4.58. The number of fused-ring (bicyclic) bond motifs is 1. The van der Waals surface area contributed by atoms with Crippen LogP contribution < -0.4 is 9.80 Å². The fraction of sp³-hybridized carbons (Fsp3) is 0.360. The van der Waals surface area contributed by atoms with E-state index in [4.69, 9.17) is 14.7 Å². The molecule has 1 aromatic carbocycles. The molecular weight excluding hydrogens is 450 g/mol.